The van der Waals surface area contributed by atoms with E-state index in [0.29, 0.717) is 42.4 Å². The van der Waals surface area contributed by atoms with E-state index in [-0.39, 0.29) is 11.9 Å². The summed E-state index contributed by atoms with van der Waals surface area (Å²) in [6, 6.07) is 8.84. The number of hydrogen-bond acceptors (Lipinski definition) is 7. The van der Waals surface area contributed by atoms with E-state index in [2.05, 4.69) is 5.32 Å². The second-order valence-electron chi connectivity index (χ2n) is 7.90. The number of methoxy groups -OCH3 is 2. The number of urea groups is 1. The molecule has 1 aromatic carbocycles. The molecule has 168 valence electrons. The maximum atomic E-state index is 13.0. The maximum Gasteiger partial charge on any atom is 0.350 e. The number of nitrogens with zero attached hydrogens (tertiary/aromatic N) is 2. The summed E-state index contributed by atoms with van der Waals surface area (Å²) >= 11 is 1.21. The summed E-state index contributed by atoms with van der Waals surface area (Å²) in [5.74, 6) is -0.0130. The Balaban J connectivity index is 1.80. The molecular formula is C22H29N3O5S. The van der Waals surface area contributed by atoms with Crippen molar-refractivity contribution in [1.82, 2.24) is 9.80 Å². The molecule has 2 atom stereocenters. The Bertz CT molecular complexity index is 931. The van der Waals surface area contributed by atoms with E-state index < -0.39 is 11.6 Å². The number of esters is 1. The van der Waals surface area contributed by atoms with Gasteiger partial charge in [0.2, 0.25) is 0 Å². The van der Waals surface area contributed by atoms with Gasteiger partial charge in [-0.05, 0) is 49.7 Å². The van der Waals surface area contributed by atoms with Gasteiger partial charge in [0.05, 0.1) is 25.5 Å². The molecule has 1 saturated heterocycles. The van der Waals surface area contributed by atoms with Crippen LogP contribution in [0, 0.1) is 5.92 Å². The molecule has 2 unspecified atom stereocenters. The van der Waals surface area contributed by atoms with Crippen LogP contribution < -0.4 is 10.1 Å². The number of hydrogen-bond donors (Lipinski definition) is 2. The van der Waals surface area contributed by atoms with Gasteiger partial charge in [-0.2, -0.15) is 0 Å². The van der Waals surface area contributed by atoms with Gasteiger partial charge in [0.25, 0.3) is 0 Å². The lowest BCUT2D eigenvalue weighted by Gasteiger charge is -2.45. The van der Waals surface area contributed by atoms with Crippen LogP contribution >= 0.6 is 11.3 Å². The summed E-state index contributed by atoms with van der Waals surface area (Å²) in [6.07, 6.45) is 0.388. The lowest BCUT2D eigenvalue weighted by Crippen LogP contribution is -2.55. The van der Waals surface area contributed by atoms with Crippen molar-refractivity contribution in [3.8, 4) is 5.75 Å². The minimum Gasteiger partial charge on any atom is -0.497 e. The van der Waals surface area contributed by atoms with Crippen molar-refractivity contribution in [2.75, 3.05) is 53.3 Å². The molecule has 2 heterocycles. The number of carbonyl (C=O) groups excluding carboxylic acids is 2. The minimum absolute atomic E-state index is 0.211. The van der Waals surface area contributed by atoms with Crippen molar-refractivity contribution in [3.63, 3.8) is 0 Å². The number of anilines is 1. The number of carbonyl (C=O) groups is 2. The van der Waals surface area contributed by atoms with Crippen LogP contribution in [0.15, 0.2) is 35.7 Å². The smallest absolute Gasteiger partial charge is 0.350 e. The van der Waals surface area contributed by atoms with Crippen molar-refractivity contribution >= 4 is 29.0 Å². The molecule has 31 heavy (non-hydrogen) atoms. The van der Waals surface area contributed by atoms with Crippen LogP contribution in [0.2, 0.25) is 0 Å². The summed E-state index contributed by atoms with van der Waals surface area (Å²) < 4.78 is 10.1. The topological polar surface area (TPSA) is 91.3 Å². The monoisotopic (exact) mass is 447 g/mol. The Labute approximate surface area is 186 Å². The van der Waals surface area contributed by atoms with Gasteiger partial charge in [-0.3, -0.25) is 0 Å². The third-order valence-corrected chi connectivity index (χ3v) is 6.49. The highest BCUT2D eigenvalue weighted by molar-refractivity contribution is 7.12. The molecule has 1 aliphatic rings. The van der Waals surface area contributed by atoms with Crippen molar-refractivity contribution in [2.45, 2.75) is 12.0 Å². The number of likely N-dealkylation sites (tertiary alicyclic amines) is 1. The largest absolute Gasteiger partial charge is 0.497 e. The first kappa shape index (κ1) is 23.1. The quantitative estimate of drug-likeness (QED) is 0.662. The number of thiophene rings is 1. The Morgan fingerprint density at radius 1 is 1.32 bits per heavy atom. The number of rotatable bonds is 6. The van der Waals surface area contributed by atoms with E-state index in [4.69, 9.17) is 9.47 Å². The van der Waals surface area contributed by atoms with E-state index in [1.807, 2.05) is 43.3 Å². The van der Waals surface area contributed by atoms with E-state index in [0.717, 1.165) is 5.56 Å². The van der Waals surface area contributed by atoms with Crippen molar-refractivity contribution in [2.24, 2.45) is 5.92 Å². The fourth-order valence-electron chi connectivity index (χ4n) is 3.98. The fraction of sp³-hybridized carbons (Fsp3) is 0.455. The molecule has 0 radical (unpaired) electrons. The van der Waals surface area contributed by atoms with E-state index in [9.17, 15) is 14.7 Å². The molecule has 0 saturated carbocycles. The zero-order chi connectivity index (χ0) is 22.6. The molecule has 1 aromatic heterocycles. The second kappa shape index (κ2) is 9.67. The first-order chi connectivity index (χ1) is 14.8. The predicted molar refractivity (Wildman–Crippen MR) is 120 cm³/mol. The number of amides is 2. The van der Waals surface area contributed by atoms with Gasteiger partial charge >= 0.3 is 12.0 Å². The van der Waals surface area contributed by atoms with Crippen molar-refractivity contribution in [3.05, 3.63) is 46.2 Å². The highest BCUT2D eigenvalue weighted by Crippen LogP contribution is 2.39. The number of nitrogens with one attached hydrogen (secondary N) is 1. The molecule has 3 rings (SSSR count). The number of benzene rings is 1. The SMILES string of the molecule is COC(=O)c1sccc1NC(=O)N1CCC(O)(c2cccc(OC)c2)C(CN(C)C)C1. The third-order valence-electron chi connectivity index (χ3n) is 5.60. The normalized spacial score (nSPS) is 21.1. The Morgan fingerprint density at radius 3 is 2.77 bits per heavy atom. The van der Waals surface area contributed by atoms with Gasteiger partial charge in [0, 0.05) is 25.6 Å². The first-order valence-corrected chi connectivity index (χ1v) is 10.9. The Kier molecular flexibility index (Phi) is 7.19. The van der Waals surface area contributed by atoms with Gasteiger partial charge in [-0.1, -0.05) is 12.1 Å². The number of piperidine rings is 1. The van der Waals surface area contributed by atoms with Gasteiger partial charge in [-0.25, -0.2) is 9.59 Å². The van der Waals surface area contributed by atoms with Gasteiger partial charge in [0.1, 0.15) is 10.6 Å². The summed E-state index contributed by atoms with van der Waals surface area (Å²) in [5, 5.41) is 16.2. The summed E-state index contributed by atoms with van der Waals surface area (Å²) in [4.78, 5) is 28.9. The fourth-order valence-corrected chi connectivity index (χ4v) is 4.74. The summed E-state index contributed by atoms with van der Waals surface area (Å²) in [6.45, 7) is 1.35. The van der Waals surface area contributed by atoms with Crippen molar-refractivity contribution < 1.29 is 24.2 Å². The molecule has 8 nitrogen and oxygen atoms in total. The summed E-state index contributed by atoms with van der Waals surface area (Å²) in [5.41, 5.74) is 0.124. The van der Waals surface area contributed by atoms with Crippen LogP contribution in [0.1, 0.15) is 21.7 Å². The molecule has 2 aromatic rings. The molecule has 9 heteroatoms. The number of ether oxygens (including phenoxy) is 2. The predicted octanol–water partition coefficient (Wildman–Crippen LogP) is 2.85. The molecule has 1 aliphatic heterocycles. The van der Waals surface area contributed by atoms with Gasteiger partial charge in [0.15, 0.2) is 0 Å². The highest BCUT2D eigenvalue weighted by Gasteiger charge is 2.44. The van der Waals surface area contributed by atoms with Crippen LogP contribution in [0.25, 0.3) is 0 Å². The maximum absolute atomic E-state index is 13.0. The van der Waals surface area contributed by atoms with Gasteiger partial charge < -0.3 is 29.7 Å². The van der Waals surface area contributed by atoms with Crippen LogP contribution in [0.5, 0.6) is 5.75 Å². The molecule has 2 amide bonds. The highest BCUT2D eigenvalue weighted by atomic mass is 32.1. The average molecular weight is 448 g/mol. The molecule has 2 N–H and O–H groups in total. The van der Waals surface area contributed by atoms with Crippen molar-refractivity contribution in [1.29, 1.82) is 0 Å². The number of aliphatic hydroxyl groups is 1. The Hall–Kier alpha value is -2.62. The second-order valence-corrected chi connectivity index (χ2v) is 8.81. The molecule has 1 fully saturated rings. The van der Waals surface area contributed by atoms with E-state index in [1.165, 1.54) is 18.4 Å². The van der Waals surface area contributed by atoms with E-state index >= 15 is 0 Å². The third kappa shape index (κ3) is 5.00. The van der Waals surface area contributed by atoms with E-state index in [1.54, 1.807) is 23.5 Å². The zero-order valence-corrected chi connectivity index (χ0v) is 19.1. The van der Waals surface area contributed by atoms with Crippen LogP contribution in [-0.4, -0.2) is 74.9 Å². The first-order valence-electron chi connectivity index (χ1n) is 10.0. The zero-order valence-electron chi connectivity index (χ0n) is 18.3. The lowest BCUT2D eigenvalue weighted by molar-refractivity contribution is -0.0750. The standard InChI is InChI=1S/C22H29N3O5S/c1-24(2)13-16-14-25(21(27)23-18-8-11-31-19(18)20(26)30-4)10-9-22(16,28)15-6-5-7-17(12-15)29-3/h5-8,11-12,16,28H,9-10,13-14H2,1-4H3,(H,23,27). The molecular weight excluding hydrogens is 418 g/mol. The van der Waals surface area contributed by atoms with Crippen LogP contribution in [0.4, 0.5) is 10.5 Å². The lowest BCUT2D eigenvalue weighted by atomic mass is 9.75. The van der Waals surface area contributed by atoms with Crippen LogP contribution in [0.3, 0.4) is 0 Å². The average Bonchev–Trinajstić information content (AvgIpc) is 3.22. The summed E-state index contributed by atoms with van der Waals surface area (Å²) in [7, 11) is 6.79. The minimum atomic E-state index is -1.09. The molecule has 0 bridgehead atoms. The van der Waals surface area contributed by atoms with Gasteiger partial charge in [-0.15, -0.1) is 11.3 Å². The molecule has 0 spiro atoms. The van der Waals surface area contributed by atoms with Crippen LogP contribution in [-0.2, 0) is 10.3 Å². The molecule has 0 aliphatic carbocycles. The Morgan fingerprint density at radius 2 is 2.10 bits per heavy atom.